The normalized spacial score (nSPS) is 10.6. The van der Waals surface area contributed by atoms with E-state index >= 15 is 0 Å². The summed E-state index contributed by atoms with van der Waals surface area (Å²) in [7, 11) is 1.55. The summed E-state index contributed by atoms with van der Waals surface area (Å²) in [4.78, 5) is 39.7. The zero-order chi connectivity index (χ0) is 21.2. The molecule has 0 aliphatic rings. The summed E-state index contributed by atoms with van der Waals surface area (Å²) < 4.78 is 6.46. The molecule has 0 radical (unpaired) electrons. The van der Waals surface area contributed by atoms with Gasteiger partial charge in [-0.25, -0.2) is 4.98 Å². The van der Waals surface area contributed by atoms with Crippen molar-refractivity contribution in [3.05, 3.63) is 41.7 Å². The summed E-state index contributed by atoms with van der Waals surface area (Å²) in [5.74, 6) is -0.472. The van der Waals surface area contributed by atoms with Gasteiger partial charge < -0.3 is 25.0 Å². The Hall–Kier alpha value is -2.69. The molecule has 29 heavy (non-hydrogen) atoms. The lowest BCUT2D eigenvalue weighted by Gasteiger charge is -2.11. The van der Waals surface area contributed by atoms with E-state index in [2.05, 4.69) is 15.6 Å². The lowest BCUT2D eigenvalue weighted by Crippen LogP contribution is -2.31. The molecular formula is C19H24N4O5S. The number of aliphatic hydroxyl groups excluding tert-OH is 1. The van der Waals surface area contributed by atoms with E-state index < -0.39 is 0 Å². The summed E-state index contributed by atoms with van der Waals surface area (Å²) in [6, 6.07) is 6.62. The molecule has 2 rings (SSSR count). The minimum absolute atomic E-state index is 0.0178. The monoisotopic (exact) mass is 420 g/mol. The lowest BCUT2D eigenvalue weighted by atomic mass is 10.1. The van der Waals surface area contributed by atoms with E-state index in [9.17, 15) is 19.5 Å². The smallest absolute Gasteiger partial charge is 0.240 e. The number of methoxy groups -OCH3 is 1. The number of carbonyl (C=O) groups is 3. The number of nitrogens with zero attached hydrogens (tertiary/aromatic N) is 2. The van der Waals surface area contributed by atoms with E-state index in [1.54, 1.807) is 35.9 Å². The number of benzene rings is 1. The van der Waals surface area contributed by atoms with Crippen LogP contribution in [0.4, 0.5) is 5.69 Å². The molecule has 9 nitrogen and oxygen atoms in total. The predicted octanol–water partition coefficient (Wildman–Crippen LogP) is 1.07. The van der Waals surface area contributed by atoms with Crippen LogP contribution in [0.25, 0.3) is 0 Å². The molecule has 1 aromatic carbocycles. The number of nitrogens with one attached hydrogen (secondary N) is 2. The van der Waals surface area contributed by atoms with Crippen LogP contribution in [0, 0.1) is 0 Å². The molecule has 0 bridgehead atoms. The highest BCUT2D eigenvalue weighted by molar-refractivity contribution is 7.99. The van der Waals surface area contributed by atoms with Crippen LogP contribution in [0.3, 0.4) is 0 Å². The molecule has 1 heterocycles. The number of imidazole rings is 1. The van der Waals surface area contributed by atoms with Crippen molar-refractivity contribution in [3.8, 4) is 0 Å². The number of hydrogen-bond acceptors (Lipinski definition) is 7. The van der Waals surface area contributed by atoms with Crippen LogP contribution in [0.15, 0.2) is 35.6 Å². The van der Waals surface area contributed by atoms with Crippen LogP contribution >= 0.6 is 11.8 Å². The molecule has 0 saturated heterocycles. The number of amides is 2. The fourth-order valence-electron chi connectivity index (χ4n) is 2.41. The Morgan fingerprint density at radius 3 is 2.55 bits per heavy atom. The first-order valence-electron chi connectivity index (χ1n) is 8.89. The van der Waals surface area contributed by atoms with Crippen molar-refractivity contribution < 1.29 is 24.2 Å². The number of Topliss-reactive ketones (excluding diaryl/α,β-unsaturated/α-hetero) is 1. The van der Waals surface area contributed by atoms with Gasteiger partial charge in [-0.15, -0.1) is 0 Å². The maximum absolute atomic E-state index is 12.2. The number of rotatable bonds is 11. The zero-order valence-corrected chi connectivity index (χ0v) is 17.1. The average molecular weight is 420 g/mol. The van der Waals surface area contributed by atoms with E-state index in [0.29, 0.717) is 35.3 Å². The Morgan fingerprint density at radius 2 is 1.93 bits per heavy atom. The topological polar surface area (TPSA) is 123 Å². The third kappa shape index (κ3) is 7.00. The van der Waals surface area contributed by atoms with Crippen molar-refractivity contribution in [2.45, 2.75) is 25.2 Å². The second-order valence-electron chi connectivity index (χ2n) is 6.09. The van der Waals surface area contributed by atoms with Gasteiger partial charge in [-0.1, -0.05) is 11.8 Å². The second-order valence-corrected chi connectivity index (χ2v) is 7.03. The van der Waals surface area contributed by atoms with Crippen molar-refractivity contribution in [1.82, 2.24) is 14.9 Å². The van der Waals surface area contributed by atoms with Crippen LogP contribution in [-0.4, -0.2) is 58.3 Å². The number of anilines is 1. The molecule has 0 aliphatic heterocycles. The van der Waals surface area contributed by atoms with E-state index in [0.717, 1.165) is 11.8 Å². The van der Waals surface area contributed by atoms with E-state index in [1.807, 2.05) is 0 Å². The molecule has 0 unspecified atom stereocenters. The minimum atomic E-state index is -0.270. The van der Waals surface area contributed by atoms with Crippen molar-refractivity contribution in [2.24, 2.45) is 0 Å². The Labute approximate surface area is 172 Å². The summed E-state index contributed by atoms with van der Waals surface area (Å²) in [5.41, 5.74) is 1.63. The van der Waals surface area contributed by atoms with Crippen molar-refractivity contribution >= 4 is 35.0 Å². The molecule has 156 valence electrons. The van der Waals surface area contributed by atoms with Crippen LogP contribution in [0.2, 0.25) is 0 Å². The number of carbonyl (C=O) groups excluding carboxylic acids is 3. The molecule has 2 amide bonds. The summed E-state index contributed by atoms with van der Waals surface area (Å²) >= 11 is 1.16. The summed E-state index contributed by atoms with van der Waals surface area (Å²) in [5, 5.41) is 15.4. The van der Waals surface area contributed by atoms with Gasteiger partial charge in [-0.05, 0) is 31.2 Å². The molecule has 0 aliphatic carbocycles. The summed E-state index contributed by atoms with van der Waals surface area (Å²) in [6.45, 7) is 1.97. The number of ether oxygens (including phenoxy) is 1. The Kier molecular flexibility index (Phi) is 8.84. The predicted molar refractivity (Wildman–Crippen MR) is 109 cm³/mol. The fraction of sp³-hybridized carbons (Fsp3) is 0.368. The van der Waals surface area contributed by atoms with Gasteiger partial charge in [0.25, 0.3) is 0 Å². The molecular weight excluding hydrogens is 396 g/mol. The molecule has 1 aromatic heterocycles. The second kappa shape index (κ2) is 11.3. The van der Waals surface area contributed by atoms with Crippen LogP contribution < -0.4 is 10.6 Å². The first-order valence-corrected chi connectivity index (χ1v) is 9.87. The number of aliphatic hydroxyl groups is 1. The fourth-order valence-corrected chi connectivity index (χ4v) is 3.21. The van der Waals surface area contributed by atoms with Gasteiger partial charge in [0.2, 0.25) is 11.8 Å². The highest BCUT2D eigenvalue weighted by Gasteiger charge is 2.15. The number of thioether (sulfide) groups is 1. The molecule has 0 saturated carbocycles. The van der Waals surface area contributed by atoms with Gasteiger partial charge in [-0.2, -0.15) is 0 Å². The van der Waals surface area contributed by atoms with E-state index in [1.165, 1.54) is 13.1 Å². The molecule has 3 N–H and O–H groups in total. The molecule has 0 spiro atoms. The van der Waals surface area contributed by atoms with Crippen LogP contribution in [0.5, 0.6) is 0 Å². The maximum atomic E-state index is 12.2. The standard InChI is InChI=1S/C19H24N4O5S/c1-13(25)14-3-5-15(6-4-14)22-18(27)12-29-19-21-9-16(11-24)23(19)10-17(26)20-7-8-28-2/h3-6,9,24H,7-8,10-12H2,1-2H3,(H,20,26)(H,22,27). The minimum Gasteiger partial charge on any atom is -0.390 e. The first kappa shape index (κ1) is 22.6. The molecule has 0 fully saturated rings. The van der Waals surface area contributed by atoms with Crippen molar-refractivity contribution in [2.75, 3.05) is 31.3 Å². The van der Waals surface area contributed by atoms with Gasteiger partial charge >= 0.3 is 0 Å². The third-order valence-corrected chi connectivity index (χ3v) is 4.89. The number of hydrogen-bond donors (Lipinski definition) is 3. The molecule has 2 aromatic rings. The Morgan fingerprint density at radius 1 is 1.21 bits per heavy atom. The van der Waals surface area contributed by atoms with Gasteiger partial charge in [0.1, 0.15) is 6.54 Å². The highest BCUT2D eigenvalue weighted by atomic mass is 32.2. The van der Waals surface area contributed by atoms with Gasteiger partial charge in [0.15, 0.2) is 10.9 Å². The largest absolute Gasteiger partial charge is 0.390 e. The Bertz CT molecular complexity index is 851. The average Bonchev–Trinajstić information content (AvgIpc) is 3.08. The van der Waals surface area contributed by atoms with E-state index in [-0.39, 0.29) is 36.5 Å². The van der Waals surface area contributed by atoms with Gasteiger partial charge in [-0.3, -0.25) is 14.4 Å². The zero-order valence-electron chi connectivity index (χ0n) is 16.3. The van der Waals surface area contributed by atoms with Crippen molar-refractivity contribution in [3.63, 3.8) is 0 Å². The first-order chi connectivity index (χ1) is 13.9. The molecule has 10 heteroatoms. The quantitative estimate of drug-likeness (QED) is 0.282. The van der Waals surface area contributed by atoms with Gasteiger partial charge in [0.05, 0.1) is 30.9 Å². The van der Waals surface area contributed by atoms with Crippen molar-refractivity contribution in [1.29, 1.82) is 0 Å². The summed E-state index contributed by atoms with van der Waals surface area (Å²) in [6.07, 6.45) is 1.48. The third-order valence-electron chi connectivity index (χ3n) is 3.90. The Balaban J connectivity index is 1.93. The maximum Gasteiger partial charge on any atom is 0.240 e. The SMILES string of the molecule is COCCNC(=O)Cn1c(CO)cnc1SCC(=O)Nc1ccc(C(C)=O)cc1. The van der Waals surface area contributed by atoms with Crippen LogP contribution in [-0.2, 0) is 27.5 Å². The number of ketones is 1. The van der Waals surface area contributed by atoms with Gasteiger partial charge in [0, 0.05) is 24.9 Å². The van der Waals surface area contributed by atoms with E-state index in [4.69, 9.17) is 4.74 Å². The van der Waals surface area contributed by atoms with Crippen LogP contribution in [0.1, 0.15) is 23.0 Å². The molecule has 0 atom stereocenters. The lowest BCUT2D eigenvalue weighted by molar-refractivity contribution is -0.122. The number of aromatic nitrogens is 2. The highest BCUT2D eigenvalue weighted by Crippen LogP contribution is 2.19.